The molecule has 0 radical (unpaired) electrons. The van der Waals surface area contributed by atoms with Crippen LogP contribution in [0.4, 0.5) is 22.7 Å². The molecule has 4 rings (SSSR count). The van der Waals surface area contributed by atoms with Crippen LogP contribution in [-0.4, -0.2) is 14.2 Å². The van der Waals surface area contributed by atoms with Gasteiger partial charge in [-0.1, -0.05) is 33.7 Å². The summed E-state index contributed by atoms with van der Waals surface area (Å²) < 4.78 is 12.6. The second kappa shape index (κ2) is 14.1. The molecule has 0 aromatic heterocycles. The lowest BCUT2D eigenvalue weighted by Gasteiger charge is -2.08. The molecule has 0 bridgehead atoms. The molecule has 0 saturated carbocycles. The normalized spacial score (nSPS) is 10.4. The lowest BCUT2D eigenvalue weighted by molar-refractivity contribution is 0.416. The van der Waals surface area contributed by atoms with Crippen molar-refractivity contribution in [3.8, 4) is 11.5 Å². The van der Waals surface area contributed by atoms with E-state index in [4.69, 9.17) is 32.4 Å². The molecule has 8 N–H and O–H groups in total. The van der Waals surface area contributed by atoms with Gasteiger partial charge in [-0.05, 0) is 123 Å². The maximum Gasteiger partial charge on any atom is 0.142 e. The molecular formula is C27H28I2N4O2S2. The standard InChI is InChI=1S/C14H16N2O2S2.C13H12I2N2/c1-17-13-7-9(3-5-11(13)15)19-20-10-4-6-12(16)14(8-10)18-2;14-10-6-8(1-3-12(10)16)5-9-2-4-13(17)11(15)7-9/h3-8H,15-16H2,1-2H3;1-4,6-7H,5,16-17H2. The molecule has 0 unspecified atom stereocenters. The molecule has 0 amide bonds. The van der Waals surface area contributed by atoms with Crippen LogP contribution in [0.5, 0.6) is 11.5 Å². The van der Waals surface area contributed by atoms with Crippen LogP contribution in [0.1, 0.15) is 11.1 Å². The van der Waals surface area contributed by atoms with Crippen LogP contribution < -0.4 is 32.4 Å². The zero-order valence-electron chi connectivity index (χ0n) is 20.3. The van der Waals surface area contributed by atoms with E-state index >= 15 is 0 Å². The molecule has 4 aromatic carbocycles. The molecule has 0 saturated heterocycles. The number of hydrogen-bond donors (Lipinski definition) is 4. The average molecular weight is 758 g/mol. The number of rotatable bonds is 7. The van der Waals surface area contributed by atoms with Crippen LogP contribution in [0, 0.1) is 7.14 Å². The van der Waals surface area contributed by atoms with E-state index in [-0.39, 0.29) is 0 Å². The number of nitrogens with two attached hydrogens (primary N) is 4. The predicted molar refractivity (Wildman–Crippen MR) is 176 cm³/mol. The molecule has 0 fully saturated rings. The van der Waals surface area contributed by atoms with Crippen molar-refractivity contribution >= 4 is 89.5 Å². The molecular weight excluding hydrogens is 730 g/mol. The Hall–Kier alpha value is -2.16. The first-order valence-corrected chi connectivity index (χ1v) is 15.3. The minimum absolute atomic E-state index is 0.635. The van der Waals surface area contributed by atoms with Crippen LogP contribution in [0.2, 0.25) is 0 Å². The van der Waals surface area contributed by atoms with Crippen molar-refractivity contribution in [2.24, 2.45) is 0 Å². The van der Waals surface area contributed by atoms with Gasteiger partial charge in [0.1, 0.15) is 11.5 Å². The molecule has 194 valence electrons. The summed E-state index contributed by atoms with van der Waals surface area (Å²) in [6, 6.07) is 23.7. The molecule has 0 aliphatic heterocycles. The van der Waals surface area contributed by atoms with E-state index in [1.807, 2.05) is 48.5 Å². The number of methoxy groups -OCH3 is 2. The summed E-state index contributed by atoms with van der Waals surface area (Å²) >= 11 is 4.52. The topological polar surface area (TPSA) is 123 Å². The van der Waals surface area contributed by atoms with Crippen molar-refractivity contribution in [1.29, 1.82) is 0 Å². The third kappa shape index (κ3) is 8.69. The average Bonchev–Trinajstić information content (AvgIpc) is 2.89. The SMILES string of the molecule is COc1cc(SSc2ccc(N)c(OC)c2)ccc1N.Nc1ccc(Cc2ccc(N)c(I)c2)cc1I. The van der Waals surface area contributed by atoms with Crippen LogP contribution in [0.3, 0.4) is 0 Å². The summed E-state index contributed by atoms with van der Waals surface area (Å²) in [7, 11) is 6.46. The first-order valence-electron chi connectivity index (χ1n) is 11.0. The third-order valence-corrected chi connectivity index (χ3v) is 9.43. The summed E-state index contributed by atoms with van der Waals surface area (Å²) in [5.41, 5.74) is 28.7. The van der Waals surface area contributed by atoms with Gasteiger partial charge in [0.25, 0.3) is 0 Å². The summed E-state index contributed by atoms with van der Waals surface area (Å²) in [6.45, 7) is 0. The number of benzene rings is 4. The summed E-state index contributed by atoms with van der Waals surface area (Å²) in [5.74, 6) is 1.37. The molecule has 4 aromatic rings. The second-order valence-electron chi connectivity index (χ2n) is 7.86. The van der Waals surface area contributed by atoms with Gasteiger partial charge < -0.3 is 32.4 Å². The number of anilines is 4. The fraction of sp³-hybridized carbons (Fsp3) is 0.111. The first-order chi connectivity index (χ1) is 17.7. The smallest absolute Gasteiger partial charge is 0.142 e. The van der Waals surface area contributed by atoms with E-state index in [1.54, 1.807) is 35.8 Å². The van der Waals surface area contributed by atoms with Crippen molar-refractivity contribution in [2.45, 2.75) is 16.2 Å². The Labute approximate surface area is 252 Å². The fourth-order valence-corrected chi connectivity index (χ4v) is 6.29. The lowest BCUT2D eigenvalue weighted by atomic mass is 10.0. The second-order valence-corrected chi connectivity index (χ2v) is 12.5. The maximum atomic E-state index is 5.80. The highest BCUT2D eigenvalue weighted by Crippen LogP contribution is 2.41. The highest BCUT2D eigenvalue weighted by molar-refractivity contribution is 14.1. The number of ether oxygens (including phenoxy) is 2. The van der Waals surface area contributed by atoms with E-state index in [0.29, 0.717) is 22.9 Å². The molecule has 0 atom stereocenters. The minimum atomic E-state index is 0.635. The van der Waals surface area contributed by atoms with Gasteiger partial charge in [-0.3, -0.25) is 0 Å². The third-order valence-electron chi connectivity index (χ3n) is 5.18. The van der Waals surface area contributed by atoms with Gasteiger partial charge in [0.05, 0.1) is 25.6 Å². The number of hydrogen-bond acceptors (Lipinski definition) is 8. The molecule has 0 spiro atoms. The molecule has 6 nitrogen and oxygen atoms in total. The summed E-state index contributed by atoms with van der Waals surface area (Å²) in [5, 5.41) is 0. The maximum absolute atomic E-state index is 5.80. The van der Waals surface area contributed by atoms with Crippen molar-refractivity contribution < 1.29 is 9.47 Å². The van der Waals surface area contributed by atoms with Crippen LogP contribution in [0.25, 0.3) is 0 Å². The van der Waals surface area contributed by atoms with E-state index in [1.165, 1.54) is 11.1 Å². The molecule has 0 heterocycles. The molecule has 0 aliphatic rings. The Morgan fingerprint density at radius 2 is 0.946 bits per heavy atom. The Balaban J connectivity index is 0.000000208. The van der Waals surface area contributed by atoms with Gasteiger partial charge in [-0.25, -0.2) is 0 Å². The van der Waals surface area contributed by atoms with Crippen LogP contribution in [0.15, 0.2) is 82.6 Å². The van der Waals surface area contributed by atoms with Gasteiger partial charge in [0, 0.05) is 28.3 Å². The predicted octanol–water partition coefficient (Wildman–Crippen LogP) is 7.32. The molecule has 0 aliphatic carbocycles. The Morgan fingerprint density at radius 1 is 0.568 bits per heavy atom. The quantitative estimate of drug-likeness (QED) is 0.0880. The molecule has 10 heteroatoms. The van der Waals surface area contributed by atoms with E-state index in [0.717, 1.165) is 34.7 Å². The minimum Gasteiger partial charge on any atom is -0.495 e. The van der Waals surface area contributed by atoms with E-state index < -0.39 is 0 Å². The lowest BCUT2D eigenvalue weighted by Crippen LogP contribution is -1.95. The Morgan fingerprint density at radius 3 is 1.30 bits per heavy atom. The highest BCUT2D eigenvalue weighted by atomic mass is 127. The van der Waals surface area contributed by atoms with Crippen molar-refractivity contribution in [1.82, 2.24) is 0 Å². The van der Waals surface area contributed by atoms with E-state index in [9.17, 15) is 0 Å². The summed E-state index contributed by atoms with van der Waals surface area (Å²) in [4.78, 5) is 2.13. The van der Waals surface area contributed by atoms with Gasteiger partial charge in [-0.15, -0.1) is 0 Å². The Bertz CT molecular complexity index is 1270. The van der Waals surface area contributed by atoms with Crippen LogP contribution in [-0.2, 0) is 6.42 Å². The zero-order valence-corrected chi connectivity index (χ0v) is 26.3. The van der Waals surface area contributed by atoms with Crippen molar-refractivity contribution in [3.05, 3.63) is 91.1 Å². The number of halogens is 2. The van der Waals surface area contributed by atoms with Crippen molar-refractivity contribution in [3.63, 3.8) is 0 Å². The fourth-order valence-electron chi connectivity index (χ4n) is 3.18. The van der Waals surface area contributed by atoms with Crippen molar-refractivity contribution in [2.75, 3.05) is 37.2 Å². The monoisotopic (exact) mass is 758 g/mol. The van der Waals surface area contributed by atoms with Crippen LogP contribution >= 0.6 is 66.8 Å². The first kappa shape index (κ1) is 29.4. The summed E-state index contributed by atoms with van der Waals surface area (Å²) in [6.07, 6.45) is 0.909. The van der Waals surface area contributed by atoms with Gasteiger partial charge in [0.15, 0.2) is 0 Å². The van der Waals surface area contributed by atoms with Gasteiger partial charge in [-0.2, -0.15) is 0 Å². The molecule has 37 heavy (non-hydrogen) atoms. The largest absolute Gasteiger partial charge is 0.495 e. The van der Waals surface area contributed by atoms with Gasteiger partial charge >= 0.3 is 0 Å². The Kier molecular flexibility index (Phi) is 11.2. The zero-order chi connectivity index (χ0) is 26.9. The van der Waals surface area contributed by atoms with Gasteiger partial charge in [0.2, 0.25) is 0 Å². The van der Waals surface area contributed by atoms with E-state index in [2.05, 4.69) is 69.4 Å². The highest BCUT2D eigenvalue weighted by Gasteiger charge is 2.06. The number of nitrogen functional groups attached to an aromatic ring is 4.